The number of ether oxygens (including phenoxy) is 1. The molecular formula is C16H33Cl2N3O2. The first kappa shape index (κ1) is 22.9. The largest absolute Gasteiger partial charge is 0.379 e. The zero-order valence-electron chi connectivity index (χ0n) is 14.4. The minimum absolute atomic E-state index is 0. The minimum Gasteiger partial charge on any atom is -0.379 e. The van der Waals surface area contributed by atoms with Gasteiger partial charge in [0.05, 0.1) is 19.3 Å². The molecule has 5 nitrogen and oxygen atoms in total. The van der Waals surface area contributed by atoms with Crippen LogP contribution in [0.25, 0.3) is 0 Å². The summed E-state index contributed by atoms with van der Waals surface area (Å²) in [6.07, 6.45) is 4.16. The number of nitrogens with two attached hydrogens (primary N) is 1. The fourth-order valence-corrected chi connectivity index (χ4v) is 3.64. The fourth-order valence-electron chi connectivity index (χ4n) is 3.64. The lowest BCUT2D eigenvalue weighted by atomic mass is 9.90. The highest BCUT2D eigenvalue weighted by Crippen LogP contribution is 2.23. The van der Waals surface area contributed by atoms with E-state index in [1.54, 1.807) is 0 Å². The minimum atomic E-state index is 0. The molecule has 0 radical (unpaired) electrons. The molecule has 0 bridgehead atoms. The number of likely N-dealkylation sites (tertiary alicyclic amines) is 1. The average Bonchev–Trinajstić information content (AvgIpc) is 2.52. The number of piperidine rings is 1. The Morgan fingerprint density at radius 3 is 2.30 bits per heavy atom. The molecule has 2 N–H and O–H groups in total. The van der Waals surface area contributed by atoms with Gasteiger partial charge in [-0.05, 0) is 18.8 Å². The van der Waals surface area contributed by atoms with E-state index in [1.165, 1.54) is 0 Å². The van der Waals surface area contributed by atoms with Crippen LogP contribution in [0.4, 0.5) is 0 Å². The van der Waals surface area contributed by atoms with Crippen molar-refractivity contribution in [3.05, 3.63) is 0 Å². The monoisotopic (exact) mass is 369 g/mol. The van der Waals surface area contributed by atoms with Crippen LogP contribution in [0.5, 0.6) is 0 Å². The highest BCUT2D eigenvalue weighted by molar-refractivity contribution is 5.85. The van der Waals surface area contributed by atoms with Crippen LogP contribution >= 0.6 is 24.8 Å². The van der Waals surface area contributed by atoms with Gasteiger partial charge in [0.1, 0.15) is 0 Å². The van der Waals surface area contributed by atoms with Gasteiger partial charge in [0.2, 0.25) is 5.91 Å². The standard InChI is InChI=1S/C16H31N3O2.2ClH/c1-3-13(4-2)15(18-8-10-21-11-9-18)16(20)19-7-5-6-14(17)12-19;;/h13-15H,3-12,17H2,1-2H3;2*1H. The average molecular weight is 370 g/mol. The Morgan fingerprint density at radius 1 is 1.17 bits per heavy atom. The summed E-state index contributed by atoms with van der Waals surface area (Å²) in [6, 6.07) is 0.156. The third-order valence-corrected chi connectivity index (χ3v) is 4.96. The smallest absolute Gasteiger partial charge is 0.240 e. The first-order valence-electron chi connectivity index (χ1n) is 8.53. The van der Waals surface area contributed by atoms with Crippen molar-refractivity contribution < 1.29 is 9.53 Å². The number of hydrogen-bond acceptors (Lipinski definition) is 4. The zero-order chi connectivity index (χ0) is 15.2. The summed E-state index contributed by atoms with van der Waals surface area (Å²) in [5.74, 6) is 0.717. The van der Waals surface area contributed by atoms with E-state index < -0.39 is 0 Å². The lowest BCUT2D eigenvalue weighted by molar-refractivity contribution is -0.142. The van der Waals surface area contributed by atoms with Crippen molar-refractivity contribution in [3.8, 4) is 0 Å². The van der Waals surface area contributed by atoms with Crippen LogP contribution < -0.4 is 5.73 Å². The van der Waals surface area contributed by atoms with Crippen molar-refractivity contribution >= 4 is 30.7 Å². The Morgan fingerprint density at radius 2 is 1.78 bits per heavy atom. The van der Waals surface area contributed by atoms with E-state index in [0.29, 0.717) is 11.8 Å². The Bertz CT molecular complexity index is 337. The molecule has 2 rings (SSSR count). The van der Waals surface area contributed by atoms with Crippen LogP contribution in [0.3, 0.4) is 0 Å². The predicted octanol–water partition coefficient (Wildman–Crippen LogP) is 1.92. The Hall–Kier alpha value is -0.0700. The molecule has 1 amide bonds. The van der Waals surface area contributed by atoms with Gasteiger partial charge in [0.15, 0.2) is 0 Å². The predicted molar refractivity (Wildman–Crippen MR) is 98.5 cm³/mol. The summed E-state index contributed by atoms with van der Waals surface area (Å²) in [5, 5.41) is 0. The number of halogens is 2. The third kappa shape index (κ3) is 6.05. The molecule has 7 heteroatoms. The SMILES string of the molecule is CCC(CC)C(C(=O)N1CCCC(N)C1)N1CCOCC1.Cl.Cl. The number of rotatable bonds is 5. The fraction of sp³-hybridized carbons (Fsp3) is 0.938. The normalized spacial score (nSPS) is 23.8. The van der Waals surface area contributed by atoms with E-state index in [1.807, 2.05) is 4.90 Å². The highest BCUT2D eigenvalue weighted by atomic mass is 35.5. The number of amides is 1. The van der Waals surface area contributed by atoms with Crippen molar-refractivity contribution in [3.63, 3.8) is 0 Å². The van der Waals surface area contributed by atoms with E-state index in [4.69, 9.17) is 10.5 Å². The quantitative estimate of drug-likeness (QED) is 0.803. The number of morpholine rings is 1. The van der Waals surface area contributed by atoms with Gasteiger partial charge in [-0.2, -0.15) is 0 Å². The number of carbonyl (C=O) groups excluding carboxylic acids is 1. The molecule has 0 aromatic rings. The highest BCUT2D eigenvalue weighted by Gasteiger charge is 2.36. The van der Waals surface area contributed by atoms with Gasteiger partial charge >= 0.3 is 0 Å². The number of nitrogens with zero attached hydrogens (tertiary/aromatic N) is 2. The molecule has 2 aliphatic heterocycles. The van der Waals surface area contributed by atoms with Crippen molar-refractivity contribution in [1.29, 1.82) is 0 Å². The molecule has 2 fully saturated rings. The number of hydrogen-bond donors (Lipinski definition) is 1. The summed E-state index contributed by atoms with van der Waals surface area (Å²) in [4.78, 5) is 17.4. The van der Waals surface area contributed by atoms with Crippen molar-refractivity contribution in [2.75, 3.05) is 39.4 Å². The molecule has 2 aliphatic rings. The Labute approximate surface area is 153 Å². The maximum atomic E-state index is 13.1. The molecule has 138 valence electrons. The van der Waals surface area contributed by atoms with Crippen LogP contribution in [-0.4, -0.2) is 67.2 Å². The van der Waals surface area contributed by atoms with Gasteiger partial charge in [0, 0.05) is 32.2 Å². The first-order chi connectivity index (χ1) is 10.2. The van der Waals surface area contributed by atoms with E-state index in [9.17, 15) is 4.79 Å². The van der Waals surface area contributed by atoms with Gasteiger partial charge in [-0.25, -0.2) is 0 Å². The maximum absolute atomic E-state index is 13.1. The Kier molecular flexibility index (Phi) is 11.4. The van der Waals surface area contributed by atoms with Crippen molar-refractivity contribution in [2.24, 2.45) is 11.7 Å². The van der Waals surface area contributed by atoms with Gasteiger partial charge in [-0.15, -0.1) is 24.8 Å². The van der Waals surface area contributed by atoms with Gasteiger partial charge < -0.3 is 15.4 Å². The Balaban J connectivity index is 0.00000242. The van der Waals surface area contributed by atoms with Crippen LogP contribution in [0.1, 0.15) is 39.5 Å². The van der Waals surface area contributed by atoms with Crippen LogP contribution in [0.15, 0.2) is 0 Å². The molecule has 0 aromatic heterocycles. The third-order valence-electron chi connectivity index (χ3n) is 4.96. The van der Waals surface area contributed by atoms with Crippen molar-refractivity contribution in [2.45, 2.75) is 51.6 Å². The van der Waals surface area contributed by atoms with E-state index in [0.717, 1.165) is 65.1 Å². The molecular weight excluding hydrogens is 337 g/mol. The number of carbonyl (C=O) groups is 1. The molecule has 2 unspecified atom stereocenters. The lowest BCUT2D eigenvalue weighted by Gasteiger charge is -2.41. The first-order valence-corrected chi connectivity index (χ1v) is 8.53. The summed E-state index contributed by atoms with van der Waals surface area (Å²) < 4.78 is 5.45. The topological polar surface area (TPSA) is 58.8 Å². The molecule has 0 saturated carbocycles. The second-order valence-corrected chi connectivity index (χ2v) is 6.36. The van der Waals surface area contributed by atoms with Crippen LogP contribution in [-0.2, 0) is 9.53 Å². The van der Waals surface area contributed by atoms with Gasteiger partial charge in [0.25, 0.3) is 0 Å². The van der Waals surface area contributed by atoms with E-state index in [-0.39, 0.29) is 36.9 Å². The van der Waals surface area contributed by atoms with Gasteiger partial charge in [-0.3, -0.25) is 9.69 Å². The van der Waals surface area contributed by atoms with E-state index in [2.05, 4.69) is 18.7 Å². The molecule has 2 heterocycles. The van der Waals surface area contributed by atoms with Crippen molar-refractivity contribution in [1.82, 2.24) is 9.80 Å². The van der Waals surface area contributed by atoms with Crippen LogP contribution in [0, 0.1) is 5.92 Å². The maximum Gasteiger partial charge on any atom is 0.240 e. The zero-order valence-corrected chi connectivity index (χ0v) is 16.0. The molecule has 0 spiro atoms. The second kappa shape index (κ2) is 11.5. The summed E-state index contributed by atoms with van der Waals surface area (Å²) in [7, 11) is 0. The summed E-state index contributed by atoms with van der Waals surface area (Å²) >= 11 is 0. The molecule has 2 saturated heterocycles. The van der Waals surface area contributed by atoms with Gasteiger partial charge in [-0.1, -0.05) is 26.7 Å². The molecule has 2 atom stereocenters. The molecule has 0 aromatic carbocycles. The summed E-state index contributed by atoms with van der Waals surface area (Å²) in [5.41, 5.74) is 6.06. The lowest BCUT2D eigenvalue weighted by Crippen LogP contribution is -2.58. The molecule has 0 aliphatic carbocycles. The van der Waals surface area contributed by atoms with Crippen LogP contribution in [0.2, 0.25) is 0 Å². The molecule has 23 heavy (non-hydrogen) atoms. The summed E-state index contributed by atoms with van der Waals surface area (Å²) in [6.45, 7) is 9.19. The van der Waals surface area contributed by atoms with E-state index >= 15 is 0 Å². The second-order valence-electron chi connectivity index (χ2n) is 6.36.